The van der Waals surface area contributed by atoms with Gasteiger partial charge < -0.3 is 11.1 Å². The van der Waals surface area contributed by atoms with Crippen LogP contribution in [0.4, 0.5) is 8.78 Å². The molecule has 3 N–H and O–H groups in total. The summed E-state index contributed by atoms with van der Waals surface area (Å²) in [6.07, 6.45) is 2.22. The van der Waals surface area contributed by atoms with Crippen molar-refractivity contribution in [2.75, 3.05) is 0 Å². The average Bonchev–Trinajstić information content (AvgIpc) is 2.26. The molecule has 6 heteroatoms. The molecule has 0 heterocycles. The van der Waals surface area contributed by atoms with Gasteiger partial charge in [-0.1, -0.05) is 0 Å². The Morgan fingerprint density at radius 1 is 1.39 bits per heavy atom. The minimum atomic E-state index is -0.816. The van der Waals surface area contributed by atoms with Crippen LogP contribution in [0.25, 0.3) is 0 Å². The highest BCUT2D eigenvalue weighted by Crippen LogP contribution is 2.29. The van der Waals surface area contributed by atoms with Crippen LogP contribution < -0.4 is 11.1 Å². The van der Waals surface area contributed by atoms with E-state index < -0.39 is 17.2 Å². The van der Waals surface area contributed by atoms with Gasteiger partial charge >= 0.3 is 0 Å². The Morgan fingerprint density at radius 3 is 2.61 bits per heavy atom. The van der Waals surface area contributed by atoms with Gasteiger partial charge in [0.15, 0.2) is 0 Å². The van der Waals surface area contributed by atoms with Gasteiger partial charge in [-0.2, -0.15) is 0 Å². The number of nitrogens with two attached hydrogens (primary N) is 1. The number of amides is 1. The molecular weight excluding hydrogens is 262 g/mol. The van der Waals surface area contributed by atoms with Crippen molar-refractivity contribution in [3.63, 3.8) is 0 Å². The molecule has 100 valence electrons. The first-order chi connectivity index (χ1) is 8.01. The summed E-state index contributed by atoms with van der Waals surface area (Å²) in [6.45, 7) is -0.0403. The molecule has 1 aromatic carbocycles. The number of carbonyl (C=O) groups excluding carboxylic acids is 1. The molecule has 0 spiro atoms. The first-order valence-corrected chi connectivity index (χ1v) is 5.52. The Morgan fingerprint density at radius 2 is 2.06 bits per heavy atom. The summed E-state index contributed by atoms with van der Waals surface area (Å²) >= 11 is 0. The molecule has 0 saturated heterocycles. The zero-order chi connectivity index (χ0) is 12.5. The Bertz CT molecular complexity index is 450. The number of hydrogen-bond donors (Lipinski definition) is 2. The summed E-state index contributed by atoms with van der Waals surface area (Å²) in [5.41, 5.74) is 5.11. The molecule has 3 nitrogen and oxygen atoms in total. The van der Waals surface area contributed by atoms with Crippen molar-refractivity contribution in [1.29, 1.82) is 0 Å². The first kappa shape index (κ1) is 14.9. The van der Waals surface area contributed by atoms with Crippen LogP contribution >= 0.6 is 12.4 Å². The molecule has 0 bridgehead atoms. The summed E-state index contributed by atoms with van der Waals surface area (Å²) in [5, 5.41) is 2.54. The van der Waals surface area contributed by atoms with E-state index in [1.807, 2.05) is 0 Å². The number of nitrogens with one attached hydrogen (secondary N) is 1. The van der Waals surface area contributed by atoms with E-state index in [2.05, 4.69) is 5.32 Å². The predicted octanol–water partition coefficient (Wildman–Crippen LogP) is 1.88. The highest BCUT2D eigenvalue weighted by molar-refractivity contribution is 5.87. The fourth-order valence-corrected chi connectivity index (χ4v) is 1.82. The number of hydrogen-bond acceptors (Lipinski definition) is 2. The highest BCUT2D eigenvalue weighted by atomic mass is 35.5. The molecule has 1 aromatic rings. The van der Waals surface area contributed by atoms with Crippen molar-refractivity contribution in [3.05, 3.63) is 35.4 Å². The topological polar surface area (TPSA) is 55.1 Å². The normalized spacial score (nSPS) is 16.4. The highest BCUT2D eigenvalue weighted by Gasteiger charge is 2.39. The van der Waals surface area contributed by atoms with E-state index in [0.717, 1.165) is 24.6 Å². The lowest BCUT2D eigenvalue weighted by Crippen LogP contribution is -2.58. The van der Waals surface area contributed by atoms with Crippen molar-refractivity contribution in [2.24, 2.45) is 5.73 Å². The van der Waals surface area contributed by atoms with Gasteiger partial charge in [0.05, 0.1) is 5.54 Å². The van der Waals surface area contributed by atoms with Crippen LogP contribution in [0.2, 0.25) is 0 Å². The van der Waals surface area contributed by atoms with Gasteiger partial charge in [-0.25, -0.2) is 8.78 Å². The van der Waals surface area contributed by atoms with E-state index >= 15 is 0 Å². The van der Waals surface area contributed by atoms with E-state index in [9.17, 15) is 13.6 Å². The zero-order valence-corrected chi connectivity index (χ0v) is 10.5. The molecule has 0 unspecified atom stereocenters. The van der Waals surface area contributed by atoms with Gasteiger partial charge in [0.1, 0.15) is 11.6 Å². The maximum Gasteiger partial charge on any atom is 0.240 e. The second kappa shape index (κ2) is 5.63. The maximum atomic E-state index is 13.3. The third-order valence-corrected chi connectivity index (χ3v) is 3.15. The van der Waals surface area contributed by atoms with Gasteiger partial charge in [0, 0.05) is 12.1 Å². The minimum absolute atomic E-state index is 0. The average molecular weight is 277 g/mol. The Kier molecular flexibility index (Phi) is 4.65. The minimum Gasteiger partial charge on any atom is -0.350 e. The first-order valence-electron chi connectivity index (χ1n) is 5.52. The number of benzene rings is 1. The number of carbonyl (C=O) groups is 1. The molecule has 0 aromatic heterocycles. The fourth-order valence-electron chi connectivity index (χ4n) is 1.82. The van der Waals surface area contributed by atoms with Crippen molar-refractivity contribution in [2.45, 2.75) is 31.3 Å². The Labute approximate surface area is 110 Å². The molecule has 2 rings (SSSR count). The fraction of sp³-hybridized carbons (Fsp3) is 0.417. The third-order valence-electron chi connectivity index (χ3n) is 3.15. The SMILES string of the molecule is Cl.NC1(C(=O)NCc2cc(F)ccc2F)CCC1. The molecule has 1 amide bonds. The Hall–Kier alpha value is -1.20. The van der Waals surface area contributed by atoms with Crippen LogP contribution in [-0.2, 0) is 11.3 Å². The summed E-state index contributed by atoms with van der Waals surface area (Å²) in [6, 6.07) is 3.15. The van der Waals surface area contributed by atoms with Gasteiger partial charge in [0.2, 0.25) is 5.91 Å². The standard InChI is InChI=1S/C12H14F2N2O.ClH/c13-9-2-3-10(14)8(6-9)7-16-11(17)12(15)4-1-5-12;/h2-3,6H,1,4-5,7,15H2,(H,16,17);1H. The third kappa shape index (κ3) is 2.97. The molecule has 1 aliphatic carbocycles. The van der Waals surface area contributed by atoms with Crippen LogP contribution in [0.3, 0.4) is 0 Å². The number of halogens is 3. The lowest BCUT2D eigenvalue weighted by Gasteiger charge is -2.36. The van der Waals surface area contributed by atoms with Gasteiger partial charge in [-0.05, 0) is 37.5 Å². The molecule has 0 aliphatic heterocycles. The van der Waals surface area contributed by atoms with Crippen LogP contribution in [0.1, 0.15) is 24.8 Å². The van der Waals surface area contributed by atoms with E-state index in [1.54, 1.807) is 0 Å². The monoisotopic (exact) mass is 276 g/mol. The van der Waals surface area contributed by atoms with Crippen molar-refractivity contribution < 1.29 is 13.6 Å². The van der Waals surface area contributed by atoms with E-state index in [4.69, 9.17) is 5.73 Å². The Balaban J connectivity index is 0.00000162. The zero-order valence-electron chi connectivity index (χ0n) is 9.71. The molecule has 1 saturated carbocycles. The summed E-state index contributed by atoms with van der Waals surface area (Å²) < 4.78 is 26.1. The van der Waals surface area contributed by atoms with Crippen LogP contribution in [0, 0.1) is 11.6 Å². The second-order valence-corrected chi connectivity index (χ2v) is 4.43. The van der Waals surface area contributed by atoms with Crippen LogP contribution in [0.5, 0.6) is 0 Å². The predicted molar refractivity (Wildman–Crippen MR) is 66.2 cm³/mol. The van der Waals surface area contributed by atoms with E-state index in [1.165, 1.54) is 0 Å². The lowest BCUT2D eigenvalue weighted by atomic mass is 9.77. The van der Waals surface area contributed by atoms with Crippen LogP contribution in [0.15, 0.2) is 18.2 Å². The smallest absolute Gasteiger partial charge is 0.240 e. The summed E-state index contributed by atoms with van der Waals surface area (Å²) in [7, 11) is 0. The lowest BCUT2D eigenvalue weighted by molar-refractivity contribution is -0.129. The quantitative estimate of drug-likeness (QED) is 0.886. The van der Waals surface area contributed by atoms with Crippen molar-refractivity contribution >= 4 is 18.3 Å². The summed E-state index contributed by atoms with van der Waals surface area (Å²) in [5.74, 6) is -1.36. The van der Waals surface area contributed by atoms with Gasteiger partial charge in [-0.3, -0.25) is 4.79 Å². The molecule has 0 radical (unpaired) electrons. The van der Waals surface area contributed by atoms with Crippen LogP contribution in [-0.4, -0.2) is 11.4 Å². The molecule has 1 aliphatic rings. The van der Waals surface area contributed by atoms with Crippen molar-refractivity contribution in [1.82, 2.24) is 5.32 Å². The molecule has 0 atom stereocenters. The van der Waals surface area contributed by atoms with Gasteiger partial charge in [0.25, 0.3) is 0 Å². The van der Waals surface area contributed by atoms with Crippen molar-refractivity contribution in [3.8, 4) is 0 Å². The largest absolute Gasteiger partial charge is 0.350 e. The molecule has 1 fully saturated rings. The second-order valence-electron chi connectivity index (χ2n) is 4.43. The molecule has 18 heavy (non-hydrogen) atoms. The maximum absolute atomic E-state index is 13.3. The van der Waals surface area contributed by atoms with E-state index in [-0.39, 0.29) is 30.4 Å². The number of rotatable bonds is 3. The van der Waals surface area contributed by atoms with E-state index in [0.29, 0.717) is 12.8 Å². The summed E-state index contributed by atoms with van der Waals surface area (Å²) in [4.78, 5) is 11.7. The van der Waals surface area contributed by atoms with Gasteiger partial charge in [-0.15, -0.1) is 12.4 Å². The molecular formula is C12H15ClF2N2O.